The largest absolute Gasteiger partial charge is 0.487 e. The Morgan fingerprint density at radius 3 is 2.65 bits per heavy atom. The van der Waals surface area contributed by atoms with Crippen molar-refractivity contribution in [3.8, 4) is 5.75 Å². The topological polar surface area (TPSA) is 92.8 Å². The van der Waals surface area contributed by atoms with Crippen LogP contribution in [0.2, 0.25) is 0 Å². The molecule has 0 fully saturated rings. The molecule has 6 nitrogen and oxygen atoms in total. The van der Waals surface area contributed by atoms with E-state index >= 15 is 0 Å². The highest BCUT2D eigenvalue weighted by Crippen LogP contribution is 2.37. The van der Waals surface area contributed by atoms with Gasteiger partial charge in [-0.2, -0.15) is 0 Å². The van der Waals surface area contributed by atoms with Crippen LogP contribution in [0.5, 0.6) is 5.75 Å². The standard InChI is InChI=1S/C13H18BrNO5/c1-9(17)11-7-10(14)8-12(15(18)19)13(11)20-6-4-2-3-5-16/h7-9,16-17H,2-6H2,1H3/t9-/m1/s1. The summed E-state index contributed by atoms with van der Waals surface area (Å²) >= 11 is 3.19. The number of ether oxygens (including phenoxy) is 1. The summed E-state index contributed by atoms with van der Waals surface area (Å²) in [5, 5.41) is 29.5. The Hall–Kier alpha value is -1.18. The normalized spacial score (nSPS) is 12.2. The molecule has 0 amide bonds. The molecule has 20 heavy (non-hydrogen) atoms. The number of aliphatic hydroxyl groups excluding tert-OH is 2. The minimum atomic E-state index is -0.862. The van der Waals surface area contributed by atoms with E-state index in [0.29, 0.717) is 29.5 Å². The van der Waals surface area contributed by atoms with Gasteiger partial charge in [0.15, 0.2) is 0 Å². The second-order valence-corrected chi connectivity index (χ2v) is 5.32. The molecule has 0 aliphatic heterocycles. The zero-order valence-corrected chi connectivity index (χ0v) is 12.8. The molecule has 0 saturated heterocycles. The molecule has 0 spiro atoms. The lowest BCUT2D eigenvalue weighted by Gasteiger charge is -2.14. The van der Waals surface area contributed by atoms with Gasteiger partial charge in [0.1, 0.15) is 0 Å². The summed E-state index contributed by atoms with van der Waals surface area (Å²) < 4.78 is 6.01. The highest BCUT2D eigenvalue weighted by atomic mass is 79.9. The van der Waals surface area contributed by atoms with Gasteiger partial charge < -0.3 is 14.9 Å². The molecule has 112 valence electrons. The van der Waals surface area contributed by atoms with Crippen LogP contribution in [0.1, 0.15) is 37.9 Å². The molecule has 1 aromatic rings. The van der Waals surface area contributed by atoms with Crippen molar-refractivity contribution < 1.29 is 19.9 Å². The Kier molecular flexibility index (Phi) is 6.90. The maximum atomic E-state index is 11.1. The third-order valence-electron chi connectivity index (χ3n) is 2.76. The summed E-state index contributed by atoms with van der Waals surface area (Å²) in [6.07, 6.45) is 1.28. The predicted octanol–water partition coefficient (Wildman–Crippen LogP) is 2.95. The molecule has 1 rings (SSSR count). The quantitative estimate of drug-likeness (QED) is 0.428. The van der Waals surface area contributed by atoms with Crippen LogP contribution in [0, 0.1) is 10.1 Å². The second-order valence-electron chi connectivity index (χ2n) is 4.41. The average Bonchev–Trinajstić information content (AvgIpc) is 2.38. The lowest BCUT2D eigenvalue weighted by molar-refractivity contribution is -0.386. The third kappa shape index (κ3) is 4.73. The predicted molar refractivity (Wildman–Crippen MR) is 77.9 cm³/mol. The van der Waals surface area contributed by atoms with Gasteiger partial charge in [0.2, 0.25) is 5.75 Å². The highest BCUT2D eigenvalue weighted by Gasteiger charge is 2.23. The summed E-state index contributed by atoms with van der Waals surface area (Å²) in [5.41, 5.74) is 0.214. The Morgan fingerprint density at radius 1 is 1.40 bits per heavy atom. The van der Waals surface area contributed by atoms with Gasteiger partial charge in [-0.15, -0.1) is 0 Å². The molecule has 0 aliphatic carbocycles. The number of hydrogen-bond acceptors (Lipinski definition) is 5. The number of hydrogen-bond donors (Lipinski definition) is 2. The summed E-state index contributed by atoms with van der Waals surface area (Å²) in [6.45, 7) is 1.96. The minimum absolute atomic E-state index is 0.109. The maximum Gasteiger partial charge on any atom is 0.312 e. The van der Waals surface area contributed by atoms with E-state index in [1.807, 2.05) is 0 Å². The number of unbranched alkanes of at least 4 members (excludes halogenated alkanes) is 2. The Labute approximate surface area is 125 Å². The molecule has 1 aromatic carbocycles. The van der Waals surface area contributed by atoms with Gasteiger partial charge in [-0.05, 0) is 32.3 Å². The van der Waals surface area contributed by atoms with Crippen LogP contribution in [-0.4, -0.2) is 28.4 Å². The number of nitro groups is 1. The third-order valence-corrected chi connectivity index (χ3v) is 3.22. The molecule has 0 aromatic heterocycles. The van der Waals surface area contributed by atoms with Crippen LogP contribution < -0.4 is 4.74 Å². The van der Waals surface area contributed by atoms with E-state index in [0.717, 1.165) is 6.42 Å². The van der Waals surface area contributed by atoms with Crippen LogP contribution in [0.15, 0.2) is 16.6 Å². The van der Waals surface area contributed by atoms with Crippen molar-refractivity contribution in [3.63, 3.8) is 0 Å². The van der Waals surface area contributed by atoms with Gasteiger partial charge >= 0.3 is 5.69 Å². The van der Waals surface area contributed by atoms with Crippen molar-refractivity contribution in [3.05, 3.63) is 32.3 Å². The molecule has 2 N–H and O–H groups in total. The van der Waals surface area contributed by atoms with E-state index < -0.39 is 11.0 Å². The minimum Gasteiger partial charge on any atom is -0.487 e. The monoisotopic (exact) mass is 347 g/mol. The van der Waals surface area contributed by atoms with E-state index in [-0.39, 0.29) is 18.0 Å². The Balaban J connectivity index is 2.92. The van der Waals surface area contributed by atoms with Crippen molar-refractivity contribution in [2.24, 2.45) is 0 Å². The van der Waals surface area contributed by atoms with E-state index in [1.54, 1.807) is 6.07 Å². The first-order valence-corrected chi connectivity index (χ1v) is 7.16. The number of nitro benzene ring substituents is 1. The Bertz CT molecular complexity index is 464. The zero-order valence-electron chi connectivity index (χ0n) is 11.2. The van der Waals surface area contributed by atoms with Gasteiger partial charge in [0.25, 0.3) is 0 Å². The van der Waals surface area contributed by atoms with Crippen LogP contribution in [0.4, 0.5) is 5.69 Å². The van der Waals surface area contributed by atoms with Crippen LogP contribution in [0.3, 0.4) is 0 Å². The fraction of sp³-hybridized carbons (Fsp3) is 0.538. The second kappa shape index (κ2) is 8.18. The Morgan fingerprint density at radius 2 is 2.10 bits per heavy atom. The van der Waals surface area contributed by atoms with Crippen molar-refractivity contribution >= 4 is 21.6 Å². The number of benzene rings is 1. The average molecular weight is 348 g/mol. The van der Waals surface area contributed by atoms with Crippen molar-refractivity contribution in [1.29, 1.82) is 0 Å². The molecular weight excluding hydrogens is 330 g/mol. The van der Waals surface area contributed by atoms with Crippen molar-refractivity contribution in [2.45, 2.75) is 32.3 Å². The first-order valence-electron chi connectivity index (χ1n) is 6.37. The first kappa shape index (κ1) is 16.9. The van der Waals surface area contributed by atoms with Gasteiger partial charge in [0, 0.05) is 22.7 Å². The van der Waals surface area contributed by atoms with E-state index in [1.165, 1.54) is 13.0 Å². The molecule has 0 heterocycles. The molecular formula is C13H18BrNO5. The van der Waals surface area contributed by atoms with Crippen molar-refractivity contribution in [1.82, 2.24) is 0 Å². The maximum absolute atomic E-state index is 11.1. The van der Waals surface area contributed by atoms with Crippen molar-refractivity contribution in [2.75, 3.05) is 13.2 Å². The molecule has 0 bridgehead atoms. The highest BCUT2D eigenvalue weighted by molar-refractivity contribution is 9.10. The van der Waals surface area contributed by atoms with Gasteiger partial charge in [-0.25, -0.2) is 0 Å². The van der Waals surface area contributed by atoms with Crippen LogP contribution in [0.25, 0.3) is 0 Å². The van der Waals surface area contributed by atoms with Gasteiger partial charge in [0.05, 0.1) is 17.6 Å². The summed E-state index contributed by atoms with van der Waals surface area (Å²) in [6, 6.07) is 2.97. The van der Waals surface area contributed by atoms with E-state index in [2.05, 4.69) is 15.9 Å². The summed E-state index contributed by atoms with van der Waals surface area (Å²) in [4.78, 5) is 10.5. The molecule has 0 saturated carbocycles. The fourth-order valence-corrected chi connectivity index (χ4v) is 2.23. The fourth-order valence-electron chi connectivity index (χ4n) is 1.77. The lowest BCUT2D eigenvalue weighted by Crippen LogP contribution is -2.06. The number of aliphatic hydroxyl groups is 2. The smallest absolute Gasteiger partial charge is 0.312 e. The molecule has 0 aliphatic rings. The zero-order chi connectivity index (χ0) is 15.1. The molecule has 0 unspecified atom stereocenters. The van der Waals surface area contributed by atoms with E-state index in [9.17, 15) is 15.2 Å². The molecule has 0 radical (unpaired) electrons. The van der Waals surface area contributed by atoms with Gasteiger partial charge in [-0.1, -0.05) is 15.9 Å². The molecule has 1 atom stereocenters. The van der Waals surface area contributed by atoms with Gasteiger partial charge in [-0.3, -0.25) is 10.1 Å². The van der Waals surface area contributed by atoms with Crippen LogP contribution >= 0.6 is 15.9 Å². The van der Waals surface area contributed by atoms with Crippen LogP contribution in [-0.2, 0) is 0 Å². The number of halogens is 1. The first-order chi connectivity index (χ1) is 9.47. The summed E-state index contributed by atoms with van der Waals surface area (Å²) in [7, 11) is 0. The SMILES string of the molecule is C[C@@H](O)c1cc(Br)cc([N+](=O)[O-])c1OCCCCCO. The number of rotatable bonds is 8. The number of nitrogens with zero attached hydrogens (tertiary/aromatic N) is 1. The lowest BCUT2D eigenvalue weighted by atomic mass is 10.1. The van der Waals surface area contributed by atoms with E-state index in [4.69, 9.17) is 9.84 Å². The molecule has 7 heteroatoms. The summed E-state index contributed by atoms with van der Waals surface area (Å²) in [5.74, 6) is 0.109.